The van der Waals surface area contributed by atoms with Crippen molar-refractivity contribution >= 4 is 23.5 Å². The maximum Gasteiger partial charge on any atom is 0.229 e. The van der Waals surface area contributed by atoms with Crippen LogP contribution in [-0.4, -0.2) is 40.2 Å². The molecule has 106 valence electrons. The molecule has 1 aliphatic rings. The SMILES string of the molecule is CCCNc1nc(Cl)nc(NC2(C)CCOCC2)n1. The van der Waals surface area contributed by atoms with Gasteiger partial charge in [-0.25, -0.2) is 0 Å². The van der Waals surface area contributed by atoms with Crippen LogP contribution in [0.5, 0.6) is 0 Å². The van der Waals surface area contributed by atoms with Crippen LogP contribution in [0.25, 0.3) is 0 Å². The molecule has 1 fully saturated rings. The Hall–Kier alpha value is -1.14. The molecule has 7 heteroatoms. The number of ether oxygens (including phenoxy) is 1. The predicted octanol–water partition coefficient (Wildman–Crippen LogP) is 2.33. The van der Waals surface area contributed by atoms with Gasteiger partial charge in [-0.05, 0) is 37.8 Å². The number of hydrogen-bond donors (Lipinski definition) is 2. The molecule has 1 saturated heterocycles. The topological polar surface area (TPSA) is 72.0 Å². The largest absolute Gasteiger partial charge is 0.381 e. The fourth-order valence-corrected chi connectivity index (χ4v) is 2.10. The van der Waals surface area contributed by atoms with Gasteiger partial charge in [0, 0.05) is 25.3 Å². The van der Waals surface area contributed by atoms with Crippen LogP contribution in [0.15, 0.2) is 0 Å². The van der Waals surface area contributed by atoms with E-state index in [9.17, 15) is 0 Å². The first kappa shape index (κ1) is 14.3. The third kappa shape index (κ3) is 4.18. The molecule has 0 radical (unpaired) electrons. The zero-order valence-electron chi connectivity index (χ0n) is 11.4. The van der Waals surface area contributed by atoms with Crippen LogP contribution in [0.4, 0.5) is 11.9 Å². The van der Waals surface area contributed by atoms with Crippen molar-refractivity contribution in [2.24, 2.45) is 0 Å². The van der Waals surface area contributed by atoms with Crippen LogP contribution in [-0.2, 0) is 4.74 Å². The molecule has 0 spiro atoms. The average Bonchev–Trinajstić information content (AvgIpc) is 2.36. The van der Waals surface area contributed by atoms with E-state index >= 15 is 0 Å². The molecule has 2 N–H and O–H groups in total. The quantitative estimate of drug-likeness (QED) is 0.865. The smallest absolute Gasteiger partial charge is 0.229 e. The number of nitrogens with zero attached hydrogens (tertiary/aromatic N) is 3. The van der Waals surface area contributed by atoms with Crippen molar-refractivity contribution in [1.82, 2.24) is 15.0 Å². The second-order valence-electron chi connectivity index (χ2n) is 4.98. The van der Waals surface area contributed by atoms with Gasteiger partial charge in [-0.3, -0.25) is 0 Å². The predicted molar refractivity (Wildman–Crippen MR) is 75.7 cm³/mol. The number of nitrogens with one attached hydrogen (secondary N) is 2. The van der Waals surface area contributed by atoms with Gasteiger partial charge in [0.25, 0.3) is 0 Å². The number of anilines is 2. The number of halogens is 1. The van der Waals surface area contributed by atoms with E-state index in [1.54, 1.807) is 0 Å². The summed E-state index contributed by atoms with van der Waals surface area (Å²) >= 11 is 5.93. The van der Waals surface area contributed by atoms with E-state index < -0.39 is 0 Å². The van der Waals surface area contributed by atoms with Crippen LogP contribution in [0.1, 0.15) is 33.1 Å². The molecule has 0 bridgehead atoms. The van der Waals surface area contributed by atoms with E-state index in [0.717, 1.165) is 39.0 Å². The highest BCUT2D eigenvalue weighted by Gasteiger charge is 2.28. The summed E-state index contributed by atoms with van der Waals surface area (Å²) in [7, 11) is 0. The van der Waals surface area contributed by atoms with Crippen molar-refractivity contribution in [3.05, 3.63) is 5.28 Å². The molecule has 0 aromatic carbocycles. The lowest BCUT2D eigenvalue weighted by molar-refractivity contribution is 0.0656. The number of rotatable bonds is 5. The van der Waals surface area contributed by atoms with Gasteiger partial charge >= 0.3 is 0 Å². The van der Waals surface area contributed by atoms with Crippen LogP contribution in [0, 0.1) is 0 Å². The molecule has 2 rings (SSSR count). The molecule has 0 amide bonds. The van der Waals surface area contributed by atoms with Gasteiger partial charge in [0.05, 0.1) is 0 Å². The van der Waals surface area contributed by atoms with Crippen LogP contribution in [0.2, 0.25) is 5.28 Å². The molecular formula is C12H20ClN5O. The lowest BCUT2D eigenvalue weighted by Crippen LogP contribution is -2.41. The van der Waals surface area contributed by atoms with Crippen LogP contribution >= 0.6 is 11.6 Å². The number of aromatic nitrogens is 3. The summed E-state index contributed by atoms with van der Waals surface area (Å²) in [6.07, 6.45) is 2.85. The van der Waals surface area contributed by atoms with E-state index in [-0.39, 0.29) is 10.8 Å². The van der Waals surface area contributed by atoms with E-state index in [1.165, 1.54) is 0 Å². The summed E-state index contributed by atoms with van der Waals surface area (Å²) < 4.78 is 5.37. The lowest BCUT2D eigenvalue weighted by atomic mass is 9.93. The highest BCUT2D eigenvalue weighted by atomic mass is 35.5. The molecule has 0 atom stereocenters. The third-order valence-electron chi connectivity index (χ3n) is 3.15. The van der Waals surface area contributed by atoms with Gasteiger partial charge in [-0.1, -0.05) is 6.92 Å². The highest BCUT2D eigenvalue weighted by molar-refractivity contribution is 6.28. The van der Waals surface area contributed by atoms with Gasteiger partial charge in [0.2, 0.25) is 17.2 Å². The molecule has 0 aliphatic carbocycles. The van der Waals surface area contributed by atoms with Crippen molar-refractivity contribution in [3.8, 4) is 0 Å². The average molecular weight is 286 g/mol. The Morgan fingerprint density at radius 1 is 1.21 bits per heavy atom. The minimum absolute atomic E-state index is 0.0506. The van der Waals surface area contributed by atoms with Crippen molar-refractivity contribution in [2.75, 3.05) is 30.4 Å². The summed E-state index contributed by atoms with van der Waals surface area (Å²) in [5, 5.41) is 6.66. The lowest BCUT2D eigenvalue weighted by Gasteiger charge is -2.34. The second-order valence-corrected chi connectivity index (χ2v) is 5.31. The van der Waals surface area contributed by atoms with Crippen molar-refractivity contribution < 1.29 is 4.74 Å². The standard InChI is InChI=1S/C12H20ClN5O/c1-3-6-14-10-15-9(13)16-11(17-10)18-12(2)4-7-19-8-5-12/h3-8H2,1-2H3,(H2,14,15,16,17,18). The fourth-order valence-electron chi connectivity index (χ4n) is 1.94. The summed E-state index contributed by atoms with van der Waals surface area (Å²) in [6, 6.07) is 0. The van der Waals surface area contributed by atoms with E-state index in [4.69, 9.17) is 16.3 Å². The van der Waals surface area contributed by atoms with E-state index in [0.29, 0.717) is 11.9 Å². The van der Waals surface area contributed by atoms with Gasteiger partial charge in [-0.15, -0.1) is 0 Å². The third-order valence-corrected chi connectivity index (χ3v) is 3.32. The van der Waals surface area contributed by atoms with E-state index in [2.05, 4.69) is 39.4 Å². The van der Waals surface area contributed by atoms with Crippen molar-refractivity contribution in [1.29, 1.82) is 0 Å². The molecule has 1 aromatic rings. The molecule has 1 aromatic heterocycles. The molecule has 1 aliphatic heterocycles. The summed E-state index contributed by atoms with van der Waals surface area (Å²) in [5.41, 5.74) is -0.0506. The van der Waals surface area contributed by atoms with Gasteiger partial charge in [0.15, 0.2) is 0 Å². The molecule has 0 saturated carbocycles. The van der Waals surface area contributed by atoms with Gasteiger partial charge in [-0.2, -0.15) is 15.0 Å². The maximum atomic E-state index is 5.93. The maximum absolute atomic E-state index is 5.93. The molecule has 6 nitrogen and oxygen atoms in total. The van der Waals surface area contributed by atoms with Crippen LogP contribution in [0.3, 0.4) is 0 Å². The van der Waals surface area contributed by atoms with Gasteiger partial charge < -0.3 is 15.4 Å². The van der Waals surface area contributed by atoms with Crippen LogP contribution < -0.4 is 10.6 Å². The minimum Gasteiger partial charge on any atom is -0.381 e. The Morgan fingerprint density at radius 3 is 2.58 bits per heavy atom. The second kappa shape index (κ2) is 6.34. The summed E-state index contributed by atoms with van der Waals surface area (Å²) in [5.74, 6) is 1.03. The normalized spacial score (nSPS) is 18.1. The van der Waals surface area contributed by atoms with Crippen molar-refractivity contribution in [2.45, 2.75) is 38.6 Å². The Morgan fingerprint density at radius 2 is 1.89 bits per heavy atom. The molecule has 19 heavy (non-hydrogen) atoms. The Labute approximate surface area is 118 Å². The zero-order chi connectivity index (χ0) is 13.7. The fraction of sp³-hybridized carbons (Fsp3) is 0.750. The zero-order valence-corrected chi connectivity index (χ0v) is 12.1. The summed E-state index contributed by atoms with van der Waals surface area (Å²) in [6.45, 7) is 6.54. The molecule has 2 heterocycles. The Bertz CT molecular complexity index is 423. The highest BCUT2D eigenvalue weighted by Crippen LogP contribution is 2.24. The Balaban J connectivity index is 2.08. The molecular weight excluding hydrogens is 266 g/mol. The number of hydrogen-bond acceptors (Lipinski definition) is 6. The first-order chi connectivity index (χ1) is 9.11. The van der Waals surface area contributed by atoms with Gasteiger partial charge in [0.1, 0.15) is 0 Å². The minimum atomic E-state index is -0.0506. The molecule has 0 unspecified atom stereocenters. The monoisotopic (exact) mass is 285 g/mol. The summed E-state index contributed by atoms with van der Waals surface area (Å²) in [4.78, 5) is 12.5. The van der Waals surface area contributed by atoms with E-state index in [1.807, 2.05) is 0 Å². The van der Waals surface area contributed by atoms with Crippen molar-refractivity contribution in [3.63, 3.8) is 0 Å². The first-order valence-corrected chi connectivity index (χ1v) is 7.00. The first-order valence-electron chi connectivity index (χ1n) is 6.63. The Kier molecular flexibility index (Phi) is 4.76.